The quantitative estimate of drug-likeness (QED) is 0.525. The molecular weight excluding hydrogens is 212 g/mol. The lowest BCUT2D eigenvalue weighted by Crippen LogP contribution is -2.09. The van der Waals surface area contributed by atoms with Gasteiger partial charge >= 0.3 is 5.97 Å². The molecule has 2 nitrogen and oxygen atoms in total. The monoisotopic (exact) mass is 242 g/mol. The van der Waals surface area contributed by atoms with E-state index >= 15 is 0 Å². The summed E-state index contributed by atoms with van der Waals surface area (Å²) in [6.07, 6.45) is 11.1. The maximum Gasteiger partial charge on any atom is 0.306 e. The van der Waals surface area contributed by atoms with Gasteiger partial charge in [-0.1, -0.05) is 72.1 Å². The van der Waals surface area contributed by atoms with Crippen molar-refractivity contribution in [2.75, 3.05) is 0 Å². The highest BCUT2D eigenvalue weighted by atomic mass is 16.4. The van der Waals surface area contributed by atoms with Gasteiger partial charge in [-0.2, -0.15) is 0 Å². The number of carboxylic acids is 1. The second-order valence-corrected chi connectivity index (χ2v) is 5.48. The molecule has 0 aromatic rings. The van der Waals surface area contributed by atoms with Crippen LogP contribution in [0.4, 0.5) is 0 Å². The summed E-state index contributed by atoms with van der Waals surface area (Å²) in [6, 6.07) is 0. The van der Waals surface area contributed by atoms with Crippen LogP contribution in [0.1, 0.15) is 78.6 Å². The van der Waals surface area contributed by atoms with Crippen LogP contribution in [-0.2, 0) is 4.79 Å². The van der Waals surface area contributed by atoms with Crippen molar-refractivity contribution in [3.8, 4) is 0 Å². The van der Waals surface area contributed by atoms with Crippen molar-refractivity contribution in [1.29, 1.82) is 0 Å². The highest BCUT2D eigenvalue weighted by molar-refractivity contribution is 5.69. The van der Waals surface area contributed by atoms with E-state index in [4.69, 9.17) is 5.11 Å². The van der Waals surface area contributed by atoms with E-state index in [-0.39, 0.29) is 5.92 Å². The molecule has 2 unspecified atom stereocenters. The topological polar surface area (TPSA) is 37.3 Å². The van der Waals surface area contributed by atoms with Gasteiger partial charge in [-0.15, -0.1) is 0 Å². The van der Waals surface area contributed by atoms with Gasteiger partial charge < -0.3 is 5.11 Å². The highest BCUT2D eigenvalue weighted by Crippen LogP contribution is 2.18. The van der Waals surface area contributed by atoms with E-state index in [0.29, 0.717) is 0 Å². The standard InChI is InChI=1S/C15H30O2/c1-4-5-6-7-8-10-13(2)11-9-12-14(3)15(16)17/h13-14H,4-12H2,1-3H3,(H,16,17). The molecule has 0 aliphatic rings. The summed E-state index contributed by atoms with van der Waals surface area (Å²) >= 11 is 0. The minimum Gasteiger partial charge on any atom is -0.481 e. The minimum atomic E-state index is -0.655. The van der Waals surface area contributed by atoms with E-state index in [1.54, 1.807) is 6.92 Å². The Morgan fingerprint density at radius 2 is 1.53 bits per heavy atom. The lowest BCUT2D eigenvalue weighted by molar-refractivity contribution is -0.141. The molecule has 0 radical (unpaired) electrons. The van der Waals surface area contributed by atoms with Crippen molar-refractivity contribution < 1.29 is 9.90 Å². The smallest absolute Gasteiger partial charge is 0.306 e. The maximum atomic E-state index is 10.6. The normalized spacial score (nSPS) is 14.5. The predicted octanol–water partition coefficient (Wildman–Crippen LogP) is 4.87. The Kier molecular flexibility index (Phi) is 10.3. The van der Waals surface area contributed by atoms with Crippen molar-refractivity contribution in [3.63, 3.8) is 0 Å². The Bertz CT molecular complexity index is 189. The number of carboxylic acid groups (broad SMARTS) is 1. The van der Waals surface area contributed by atoms with Gasteiger partial charge in [-0.05, 0) is 12.3 Å². The van der Waals surface area contributed by atoms with Gasteiger partial charge in [0.05, 0.1) is 5.92 Å². The Morgan fingerprint density at radius 3 is 2.12 bits per heavy atom. The molecule has 0 fully saturated rings. The number of rotatable bonds is 11. The first-order valence-corrected chi connectivity index (χ1v) is 7.30. The molecule has 1 N–H and O–H groups in total. The van der Waals surface area contributed by atoms with E-state index in [1.807, 2.05) is 0 Å². The van der Waals surface area contributed by atoms with Crippen LogP contribution >= 0.6 is 0 Å². The number of unbranched alkanes of at least 4 members (excludes halogenated alkanes) is 4. The average Bonchev–Trinajstić information content (AvgIpc) is 2.28. The molecule has 0 spiro atoms. The molecule has 2 atom stereocenters. The first-order chi connectivity index (χ1) is 8.07. The largest absolute Gasteiger partial charge is 0.481 e. The molecule has 0 rings (SSSR count). The Hall–Kier alpha value is -0.530. The molecule has 0 aromatic carbocycles. The van der Waals surface area contributed by atoms with Crippen LogP contribution in [0.15, 0.2) is 0 Å². The fourth-order valence-corrected chi connectivity index (χ4v) is 2.14. The van der Waals surface area contributed by atoms with Crippen molar-refractivity contribution in [1.82, 2.24) is 0 Å². The molecule has 0 aromatic heterocycles. The third kappa shape index (κ3) is 10.3. The van der Waals surface area contributed by atoms with E-state index in [1.165, 1.54) is 44.9 Å². The lowest BCUT2D eigenvalue weighted by atomic mass is 9.94. The summed E-state index contributed by atoms with van der Waals surface area (Å²) in [5.74, 6) is -0.0680. The van der Waals surface area contributed by atoms with Crippen molar-refractivity contribution in [2.45, 2.75) is 78.6 Å². The highest BCUT2D eigenvalue weighted by Gasteiger charge is 2.11. The van der Waals surface area contributed by atoms with Crippen LogP contribution < -0.4 is 0 Å². The second kappa shape index (κ2) is 10.6. The number of hydrogen-bond acceptors (Lipinski definition) is 1. The first kappa shape index (κ1) is 16.5. The van der Waals surface area contributed by atoms with E-state index in [9.17, 15) is 4.79 Å². The SMILES string of the molecule is CCCCCCCC(C)CCCC(C)C(=O)O. The third-order valence-corrected chi connectivity index (χ3v) is 3.56. The van der Waals surface area contributed by atoms with Crippen LogP contribution in [0, 0.1) is 11.8 Å². The summed E-state index contributed by atoms with van der Waals surface area (Å²) < 4.78 is 0. The molecule has 0 heterocycles. The van der Waals surface area contributed by atoms with Gasteiger partial charge in [0.2, 0.25) is 0 Å². The number of hydrogen-bond donors (Lipinski definition) is 1. The van der Waals surface area contributed by atoms with Crippen LogP contribution in [0.2, 0.25) is 0 Å². The third-order valence-electron chi connectivity index (χ3n) is 3.56. The summed E-state index contributed by atoms with van der Waals surface area (Å²) in [5.41, 5.74) is 0. The minimum absolute atomic E-state index is 0.174. The summed E-state index contributed by atoms with van der Waals surface area (Å²) in [7, 11) is 0. The molecular formula is C15H30O2. The van der Waals surface area contributed by atoms with E-state index in [0.717, 1.165) is 18.8 Å². The zero-order valence-corrected chi connectivity index (χ0v) is 11.9. The van der Waals surface area contributed by atoms with Crippen LogP contribution in [0.3, 0.4) is 0 Å². The molecule has 102 valence electrons. The van der Waals surface area contributed by atoms with Gasteiger partial charge in [0, 0.05) is 0 Å². The summed E-state index contributed by atoms with van der Waals surface area (Å²) in [6.45, 7) is 6.34. The van der Waals surface area contributed by atoms with E-state index < -0.39 is 5.97 Å². The summed E-state index contributed by atoms with van der Waals surface area (Å²) in [5, 5.41) is 8.77. The molecule has 0 saturated heterocycles. The second-order valence-electron chi connectivity index (χ2n) is 5.48. The molecule has 2 heteroatoms. The fraction of sp³-hybridized carbons (Fsp3) is 0.933. The van der Waals surface area contributed by atoms with Crippen molar-refractivity contribution in [2.24, 2.45) is 11.8 Å². The lowest BCUT2D eigenvalue weighted by Gasteiger charge is -2.12. The Morgan fingerprint density at radius 1 is 0.941 bits per heavy atom. The van der Waals surface area contributed by atoms with Crippen molar-refractivity contribution >= 4 is 5.97 Å². The van der Waals surface area contributed by atoms with Crippen LogP contribution in [-0.4, -0.2) is 11.1 Å². The first-order valence-electron chi connectivity index (χ1n) is 7.30. The molecule has 17 heavy (non-hydrogen) atoms. The fourth-order valence-electron chi connectivity index (χ4n) is 2.14. The van der Waals surface area contributed by atoms with Crippen molar-refractivity contribution in [3.05, 3.63) is 0 Å². The maximum absolute atomic E-state index is 10.6. The zero-order chi connectivity index (χ0) is 13.1. The van der Waals surface area contributed by atoms with Gasteiger partial charge in [0.1, 0.15) is 0 Å². The van der Waals surface area contributed by atoms with Gasteiger partial charge in [-0.3, -0.25) is 4.79 Å². The average molecular weight is 242 g/mol. The molecule has 0 saturated carbocycles. The van der Waals surface area contributed by atoms with Crippen LogP contribution in [0.5, 0.6) is 0 Å². The molecule has 0 bridgehead atoms. The van der Waals surface area contributed by atoms with Gasteiger partial charge in [0.25, 0.3) is 0 Å². The zero-order valence-electron chi connectivity index (χ0n) is 11.9. The van der Waals surface area contributed by atoms with Gasteiger partial charge in [0.15, 0.2) is 0 Å². The number of aliphatic carboxylic acids is 1. The Balaban J connectivity index is 3.34. The predicted molar refractivity (Wildman–Crippen MR) is 73.2 cm³/mol. The Labute approximate surface area is 107 Å². The molecule has 0 amide bonds. The summed E-state index contributed by atoms with van der Waals surface area (Å²) in [4.78, 5) is 10.6. The molecule has 0 aliphatic heterocycles. The number of carbonyl (C=O) groups is 1. The molecule has 0 aliphatic carbocycles. The van der Waals surface area contributed by atoms with Crippen LogP contribution in [0.25, 0.3) is 0 Å². The van der Waals surface area contributed by atoms with Gasteiger partial charge in [-0.25, -0.2) is 0 Å². The van der Waals surface area contributed by atoms with E-state index in [2.05, 4.69) is 13.8 Å².